The van der Waals surface area contributed by atoms with Gasteiger partial charge >= 0.3 is 0 Å². The molecule has 3 rings (SSSR count). The quantitative estimate of drug-likeness (QED) is 0.655. The minimum absolute atomic E-state index is 0. The number of nitrogens with zero attached hydrogens (tertiary/aromatic N) is 3. The Morgan fingerprint density at radius 3 is 2.70 bits per heavy atom. The first-order chi connectivity index (χ1) is 12.6. The number of phenolic OH excluding ortho intramolecular Hbond substituents is 1. The van der Waals surface area contributed by atoms with Crippen molar-refractivity contribution in [2.45, 2.75) is 33.7 Å². The van der Waals surface area contributed by atoms with Crippen molar-refractivity contribution in [3.63, 3.8) is 0 Å². The van der Waals surface area contributed by atoms with E-state index in [9.17, 15) is 5.11 Å². The van der Waals surface area contributed by atoms with E-state index in [4.69, 9.17) is 4.74 Å². The monoisotopic (exact) mass is 366 g/mol. The second kappa shape index (κ2) is 8.98. The number of aromatic nitrogens is 3. The second-order valence-corrected chi connectivity index (χ2v) is 6.00. The van der Waals surface area contributed by atoms with Crippen LogP contribution in [-0.4, -0.2) is 27.2 Å². The highest BCUT2D eigenvalue weighted by Crippen LogP contribution is 2.31. The zero-order valence-corrected chi connectivity index (χ0v) is 15.1. The standard InChI is InChI=1S/C20H22N4O2.CH4/c1-4-16(15-6-5-9-21-12-15)23-19-13(2)11-22-20(24-19)14-7-8-17(25)18(10-14)26-3;/h5-12,16,25H,4H2,1-3H3,(H,22,23,24);1H4/t16-;/m0./s1. The number of nitrogens with one attached hydrogen (secondary N) is 1. The van der Waals surface area contributed by atoms with Crippen LogP contribution in [-0.2, 0) is 0 Å². The van der Waals surface area contributed by atoms with Gasteiger partial charge < -0.3 is 15.2 Å². The molecule has 142 valence electrons. The van der Waals surface area contributed by atoms with E-state index in [1.807, 2.05) is 19.2 Å². The fourth-order valence-corrected chi connectivity index (χ4v) is 2.71. The first-order valence-electron chi connectivity index (χ1n) is 8.49. The largest absolute Gasteiger partial charge is 0.504 e. The van der Waals surface area contributed by atoms with Gasteiger partial charge in [0.15, 0.2) is 17.3 Å². The number of anilines is 1. The first kappa shape index (κ1) is 20.2. The number of ether oxygens (including phenoxy) is 1. The van der Waals surface area contributed by atoms with Crippen LogP contribution in [0.3, 0.4) is 0 Å². The molecule has 2 heterocycles. The lowest BCUT2D eigenvalue weighted by Gasteiger charge is -2.19. The molecular weight excluding hydrogens is 340 g/mol. The van der Waals surface area contributed by atoms with Gasteiger partial charge in [-0.3, -0.25) is 4.98 Å². The molecule has 0 bridgehead atoms. The van der Waals surface area contributed by atoms with Gasteiger partial charge in [0.2, 0.25) is 0 Å². The van der Waals surface area contributed by atoms with E-state index in [0.29, 0.717) is 11.6 Å². The molecule has 0 aliphatic carbocycles. The van der Waals surface area contributed by atoms with E-state index in [-0.39, 0.29) is 19.2 Å². The maximum atomic E-state index is 9.77. The van der Waals surface area contributed by atoms with Crippen LogP contribution in [0.5, 0.6) is 11.5 Å². The molecule has 27 heavy (non-hydrogen) atoms. The summed E-state index contributed by atoms with van der Waals surface area (Å²) in [5, 5.41) is 13.3. The Morgan fingerprint density at radius 2 is 2.04 bits per heavy atom. The topological polar surface area (TPSA) is 80.2 Å². The third kappa shape index (κ3) is 4.53. The van der Waals surface area contributed by atoms with Crippen LogP contribution in [0, 0.1) is 6.92 Å². The predicted molar refractivity (Wildman–Crippen MR) is 108 cm³/mol. The summed E-state index contributed by atoms with van der Waals surface area (Å²) in [6, 6.07) is 9.17. The van der Waals surface area contributed by atoms with Crippen molar-refractivity contribution in [3.8, 4) is 22.9 Å². The van der Waals surface area contributed by atoms with E-state index in [1.54, 1.807) is 30.6 Å². The van der Waals surface area contributed by atoms with Crippen molar-refractivity contribution < 1.29 is 9.84 Å². The van der Waals surface area contributed by atoms with E-state index in [2.05, 4.69) is 33.3 Å². The number of hydrogen-bond acceptors (Lipinski definition) is 6. The fraction of sp³-hybridized carbons (Fsp3) is 0.286. The Balaban J connectivity index is 0.00000261. The lowest BCUT2D eigenvalue weighted by molar-refractivity contribution is 0.373. The zero-order chi connectivity index (χ0) is 18.5. The molecule has 0 saturated heterocycles. The highest BCUT2D eigenvalue weighted by Gasteiger charge is 2.14. The molecule has 0 aliphatic heterocycles. The van der Waals surface area contributed by atoms with E-state index in [0.717, 1.165) is 28.9 Å². The minimum Gasteiger partial charge on any atom is -0.504 e. The second-order valence-electron chi connectivity index (χ2n) is 6.00. The minimum atomic E-state index is 0. The van der Waals surface area contributed by atoms with E-state index in [1.165, 1.54) is 7.11 Å². The van der Waals surface area contributed by atoms with Crippen LogP contribution in [0.4, 0.5) is 5.82 Å². The van der Waals surface area contributed by atoms with Gasteiger partial charge in [-0.15, -0.1) is 0 Å². The summed E-state index contributed by atoms with van der Waals surface area (Å²) in [6.07, 6.45) is 6.32. The lowest BCUT2D eigenvalue weighted by Crippen LogP contribution is -2.12. The van der Waals surface area contributed by atoms with Crippen molar-refractivity contribution in [3.05, 3.63) is 60.0 Å². The summed E-state index contributed by atoms with van der Waals surface area (Å²) in [7, 11) is 1.52. The number of methoxy groups -OCH3 is 1. The molecule has 0 fully saturated rings. The zero-order valence-electron chi connectivity index (χ0n) is 15.1. The average molecular weight is 366 g/mol. The van der Waals surface area contributed by atoms with Crippen LogP contribution in [0.25, 0.3) is 11.4 Å². The van der Waals surface area contributed by atoms with Gasteiger partial charge in [-0.2, -0.15) is 0 Å². The highest BCUT2D eigenvalue weighted by atomic mass is 16.5. The first-order valence-corrected chi connectivity index (χ1v) is 8.49. The smallest absolute Gasteiger partial charge is 0.161 e. The van der Waals surface area contributed by atoms with Crippen molar-refractivity contribution >= 4 is 5.82 Å². The molecule has 0 aliphatic rings. The Kier molecular flexibility index (Phi) is 6.71. The molecule has 0 saturated carbocycles. The Labute approximate surface area is 160 Å². The van der Waals surface area contributed by atoms with Gasteiger partial charge in [0, 0.05) is 29.7 Å². The Bertz CT molecular complexity index is 885. The van der Waals surface area contributed by atoms with Crippen LogP contribution < -0.4 is 10.1 Å². The normalized spacial score (nSPS) is 11.4. The van der Waals surface area contributed by atoms with Gasteiger partial charge in [-0.05, 0) is 43.2 Å². The van der Waals surface area contributed by atoms with Gasteiger partial charge in [-0.25, -0.2) is 9.97 Å². The number of phenols is 1. The maximum absolute atomic E-state index is 9.77. The molecular formula is C21H26N4O2. The molecule has 0 spiro atoms. The summed E-state index contributed by atoms with van der Waals surface area (Å²) >= 11 is 0. The van der Waals surface area contributed by atoms with Gasteiger partial charge in [0.05, 0.1) is 13.2 Å². The van der Waals surface area contributed by atoms with Crippen molar-refractivity contribution in [2.75, 3.05) is 12.4 Å². The summed E-state index contributed by atoms with van der Waals surface area (Å²) in [6.45, 7) is 4.09. The number of hydrogen-bond donors (Lipinski definition) is 2. The van der Waals surface area contributed by atoms with Crippen molar-refractivity contribution in [1.29, 1.82) is 0 Å². The fourth-order valence-electron chi connectivity index (χ4n) is 2.71. The number of aryl methyl sites for hydroxylation is 1. The molecule has 1 aromatic carbocycles. The number of rotatable bonds is 6. The molecule has 0 radical (unpaired) electrons. The van der Waals surface area contributed by atoms with Crippen molar-refractivity contribution in [2.24, 2.45) is 0 Å². The Hall–Kier alpha value is -3.15. The molecule has 0 amide bonds. The van der Waals surface area contributed by atoms with E-state index >= 15 is 0 Å². The number of benzene rings is 1. The predicted octanol–water partition coefficient (Wildman–Crippen LogP) is 4.76. The molecule has 0 unspecified atom stereocenters. The third-order valence-corrected chi connectivity index (χ3v) is 4.22. The van der Waals surface area contributed by atoms with Crippen LogP contribution in [0.15, 0.2) is 48.9 Å². The van der Waals surface area contributed by atoms with Gasteiger partial charge in [0.1, 0.15) is 5.82 Å². The Morgan fingerprint density at radius 1 is 1.22 bits per heavy atom. The molecule has 3 aromatic rings. The summed E-state index contributed by atoms with van der Waals surface area (Å²) < 4.78 is 5.17. The molecule has 2 N–H and O–H groups in total. The SMILES string of the molecule is C.CC[C@H](Nc1nc(-c2ccc(O)c(OC)c2)ncc1C)c1cccnc1. The molecule has 1 atom stereocenters. The van der Waals surface area contributed by atoms with Crippen LogP contribution in [0.1, 0.15) is 37.9 Å². The third-order valence-electron chi connectivity index (χ3n) is 4.22. The average Bonchev–Trinajstić information content (AvgIpc) is 2.68. The summed E-state index contributed by atoms with van der Waals surface area (Å²) in [5.41, 5.74) is 2.85. The van der Waals surface area contributed by atoms with Crippen molar-refractivity contribution in [1.82, 2.24) is 15.0 Å². The molecule has 6 nitrogen and oxygen atoms in total. The number of pyridine rings is 1. The highest BCUT2D eigenvalue weighted by molar-refractivity contribution is 5.63. The maximum Gasteiger partial charge on any atom is 0.161 e. The summed E-state index contributed by atoms with van der Waals surface area (Å²) in [5.74, 6) is 1.82. The number of aromatic hydroxyl groups is 1. The van der Waals surface area contributed by atoms with E-state index < -0.39 is 0 Å². The van der Waals surface area contributed by atoms with Gasteiger partial charge in [-0.1, -0.05) is 20.4 Å². The molecule has 6 heteroatoms. The van der Waals surface area contributed by atoms with Gasteiger partial charge in [0.25, 0.3) is 0 Å². The van der Waals surface area contributed by atoms with Crippen LogP contribution >= 0.6 is 0 Å². The van der Waals surface area contributed by atoms with Crippen LogP contribution in [0.2, 0.25) is 0 Å². The summed E-state index contributed by atoms with van der Waals surface area (Å²) in [4.78, 5) is 13.3. The lowest BCUT2D eigenvalue weighted by atomic mass is 10.1. The molecule has 2 aromatic heterocycles.